The van der Waals surface area contributed by atoms with Gasteiger partial charge in [0.05, 0.1) is 23.2 Å². The summed E-state index contributed by atoms with van der Waals surface area (Å²) in [6, 6.07) is 2.46. The monoisotopic (exact) mass is 336 g/mol. The zero-order valence-electron chi connectivity index (χ0n) is 11.9. The highest BCUT2D eigenvalue weighted by atomic mass is 32.2. The summed E-state index contributed by atoms with van der Waals surface area (Å²) in [5.74, 6) is -0.485. The Balaban J connectivity index is 2.34. The molecule has 2 N–H and O–H groups in total. The van der Waals surface area contributed by atoms with Gasteiger partial charge in [0.25, 0.3) is 0 Å². The van der Waals surface area contributed by atoms with E-state index in [9.17, 15) is 26.4 Å². The van der Waals surface area contributed by atoms with Gasteiger partial charge < -0.3 is 5.32 Å². The van der Waals surface area contributed by atoms with Gasteiger partial charge in [0.2, 0.25) is 15.9 Å². The van der Waals surface area contributed by atoms with Gasteiger partial charge in [-0.05, 0) is 30.5 Å². The number of anilines is 2. The van der Waals surface area contributed by atoms with Crippen molar-refractivity contribution in [2.75, 3.05) is 16.3 Å². The fourth-order valence-corrected chi connectivity index (χ4v) is 2.60. The lowest BCUT2D eigenvalue weighted by Gasteiger charge is -2.15. The van der Waals surface area contributed by atoms with Crippen LogP contribution in [-0.2, 0) is 21.0 Å². The molecule has 0 saturated heterocycles. The highest BCUT2D eigenvalue weighted by Crippen LogP contribution is 2.40. The Labute approximate surface area is 125 Å². The third-order valence-electron chi connectivity index (χ3n) is 3.35. The molecule has 1 aromatic carbocycles. The molecule has 1 aromatic rings. The molecule has 122 valence electrons. The van der Waals surface area contributed by atoms with Crippen LogP contribution in [0.15, 0.2) is 18.2 Å². The minimum absolute atomic E-state index is 0.0999. The lowest BCUT2D eigenvalue weighted by Crippen LogP contribution is -2.18. The number of benzene rings is 1. The minimum atomic E-state index is -4.59. The van der Waals surface area contributed by atoms with Gasteiger partial charge in [0.1, 0.15) is 0 Å². The van der Waals surface area contributed by atoms with E-state index < -0.39 is 27.7 Å². The van der Waals surface area contributed by atoms with Crippen molar-refractivity contribution >= 4 is 27.3 Å². The Morgan fingerprint density at radius 3 is 2.32 bits per heavy atom. The van der Waals surface area contributed by atoms with Gasteiger partial charge in [-0.25, -0.2) is 8.42 Å². The number of carbonyl (C=O) groups excluding carboxylic acids is 1. The Hall–Kier alpha value is -1.77. The molecule has 0 heterocycles. The van der Waals surface area contributed by atoms with Crippen LogP contribution in [0.4, 0.5) is 24.5 Å². The van der Waals surface area contributed by atoms with E-state index in [0.29, 0.717) is 6.42 Å². The first-order valence-electron chi connectivity index (χ1n) is 6.47. The molecule has 0 bridgehead atoms. The van der Waals surface area contributed by atoms with Crippen LogP contribution in [-0.4, -0.2) is 20.6 Å². The van der Waals surface area contributed by atoms with Crippen LogP contribution in [0.1, 0.15) is 18.9 Å². The van der Waals surface area contributed by atoms with Crippen LogP contribution in [0.3, 0.4) is 0 Å². The Morgan fingerprint density at radius 1 is 1.27 bits per heavy atom. The molecule has 2 rings (SSSR count). The zero-order chi connectivity index (χ0) is 16.7. The Morgan fingerprint density at radius 2 is 1.86 bits per heavy atom. The van der Waals surface area contributed by atoms with E-state index in [1.54, 1.807) is 0 Å². The highest BCUT2D eigenvalue weighted by molar-refractivity contribution is 7.92. The number of alkyl halides is 3. The van der Waals surface area contributed by atoms with Crippen molar-refractivity contribution in [3.8, 4) is 0 Å². The van der Waals surface area contributed by atoms with E-state index in [-0.39, 0.29) is 23.2 Å². The number of amides is 1. The summed E-state index contributed by atoms with van der Waals surface area (Å²) in [7, 11) is -3.68. The van der Waals surface area contributed by atoms with Crippen LogP contribution in [0.2, 0.25) is 0 Å². The maximum atomic E-state index is 12.8. The van der Waals surface area contributed by atoms with Crippen LogP contribution < -0.4 is 10.0 Å². The second kappa shape index (κ2) is 5.45. The maximum Gasteiger partial charge on any atom is 0.416 e. The van der Waals surface area contributed by atoms with E-state index >= 15 is 0 Å². The lowest BCUT2D eigenvalue weighted by molar-refractivity contribution is -0.137. The first-order chi connectivity index (χ1) is 9.97. The summed E-state index contributed by atoms with van der Waals surface area (Å²) in [4.78, 5) is 11.9. The van der Waals surface area contributed by atoms with Crippen molar-refractivity contribution in [2.45, 2.75) is 19.5 Å². The van der Waals surface area contributed by atoms with E-state index in [2.05, 4.69) is 10.0 Å². The van der Waals surface area contributed by atoms with Crippen molar-refractivity contribution < 1.29 is 26.4 Å². The normalized spacial score (nSPS) is 21.3. The fraction of sp³-hybridized carbons (Fsp3) is 0.462. The van der Waals surface area contributed by atoms with Crippen LogP contribution in [0, 0.1) is 11.8 Å². The largest absolute Gasteiger partial charge is 0.416 e. The molecule has 1 saturated carbocycles. The number of nitrogens with one attached hydrogen (secondary N) is 2. The predicted molar refractivity (Wildman–Crippen MR) is 75.8 cm³/mol. The molecular formula is C13H15F3N2O3S. The molecule has 22 heavy (non-hydrogen) atoms. The minimum Gasteiger partial charge on any atom is -0.324 e. The summed E-state index contributed by atoms with van der Waals surface area (Å²) >= 11 is 0. The summed E-state index contributed by atoms with van der Waals surface area (Å²) in [5, 5.41) is 2.37. The standard InChI is InChI=1S/C13H15F3N2O3S/c1-7-5-9(7)12(19)17-11-6-8(13(14,15)16)3-4-10(11)18-22(2,20)21/h3-4,6-7,9,18H,5H2,1-2H3,(H,17,19)/t7-,9+/m0/s1. The van der Waals surface area contributed by atoms with Gasteiger partial charge in [-0.1, -0.05) is 6.92 Å². The van der Waals surface area contributed by atoms with Crippen molar-refractivity contribution in [1.82, 2.24) is 0 Å². The number of rotatable bonds is 4. The molecule has 0 radical (unpaired) electrons. The second-order valence-corrected chi connectivity index (χ2v) is 7.19. The molecule has 9 heteroatoms. The molecule has 0 spiro atoms. The molecule has 1 aliphatic rings. The third-order valence-corrected chi connectivity index (χ3v) is 3.94. The zero-order valence-corrected chi connectivity index (χ0v) is 12.7. The molecular weight excluding hydrogens is 321 g/mol. The number of sulfonamides is 1. The topological polar surface area (TPSA) is 75.3 Å². The second-order valence-electron chi connectivity index (χ2n) is 5.44. The predicted octanol–water partition coefficient (Wildman–Crippen LogP) is 2.67. The van der Waals surface area contributed by atoms with Crippen LogP contribution in [0.25, 0.3) is 0 Å². The number of carbonyl (C=O) groups is 1. The van der Waals surface area contributed by atoms with Crippen molar-refractivity contribution in [2.24, 2.45) is 11.8 Å². The van der Waals surface area contributed by atoms with E-state index in [1.165, 1.54) is 0 Å². The van der Waals surface area contributed by atoms with Gasteiger partial charge in [0, 0.05) is 5.92 Å². The fourth-order valence-electron chi connectivity index (χ4n) is 2.03. The van der Waals surface area contributed by atoms with Crippen molar-refractivity contribution in [3.05, 3.63) is 23.8 Å². The average molecular weight is 336 g/mol. The summed E-state index contributed by atoms with van der Waals surface area (Å²) < 4.78 is 62.9. The highest BCUT2D eigenvalue weighted by Gasteiger charge is 2.39. The summed E-state index contributed by atoms with van der Waals surface area (Å²) in [6.07, 6.45) is -3.05. The van der Waals surface area contributed by atoms with Gasteiger partial charge in [-0.3, -0.25) is 9.52 Å². The smallest absolute Gasteiger partial charge is 0.324 e. The van der Waals surface area contributed by atoms with E-state index in [1.807, 2.05) is 6.92 Å². The van der Waals surface area contributed by atoms with Crippen molar-refractivity contribution in [3.63, 3.8) is 0 Å². The number of hydrogen-bond donors (Lipinski definition) is 2. The quantitative estimate of drug-likeness (QED) is 0.888. The van der Waals surface area contributed by atoms with E-state index in [4.69, 9.17) is 0 Å². The third kappa shape index (κ3) is 4.12. The van der Waals surface area contributed by atoms with Gasteiger partial charge in [-0.2, -0.15) is 13.2 Å². The number of halogens is 3. The first kappa shape index (κ1) is 16.6. The van der Waals surface area contributed by atoms with Gasteiger partial charge in [-0.15, -0.1) is 0 Å². The molecule has 2 atom stereocenters. The molecule has 5 nitrogen and oxygen atoms in total. The van der Waals surface area contributed by atoms with Crippen LogP contribution in [0.5, 0.6) is 0 Å². The molecule has 0 aromatic heterocycles. The average Bonchev–Trinajstić information content (AvgIpc) is 3.05. The SMILES string of the molecule is C[C@H]1C[C@H]1C(=O)Nc1cc(C(F)(F)F)ccc1NS(C)(=O)=O. The Bertz CT molecular complexity index is 701. The lowest BCUT2D eigenvalue weighted by atomic mass is 10.1. The molecule has 1 fully saturated rings. The summed E-state index contributed by atoms with van der Waals surface area (Å²) in [6.45, 7) is 1.85. The van der Waals surface area contributed by atoms with Gasteiger partial charge >= 0.3 is 6.18 Å². The van der Waals surface area contributed by atoms with Crippen molar-refractivity contribution in [1.29, 1.82) is 0 Å². The van der Waals surface area contributed by atoms with Gasteiger partial charge in [0.15, 0.2) is 0 Å². The molecule has 0 unspecified atom stereocenters. The Kier molecular flexibility index (Phi) is 4.12. The maximum absolute atomic E-state index is 12.8. The number of hydrogen-bond acceptors (Lipinski definition) is 3. The summed E-state index contributed by atoms with van der Waals surface area (Å²) in [5.41, 5.74) is -1.27. The van der Waals surface area contributed by atoms with Crippen LogP contribution >= 0.6 is 0 Å². The molecule has 0 aliphatic heterocycles. The molecule has 1 aliphatic carbocycles. The first-order valence-corrected chi connectivity index (χ1v) is 8.36. The van der Waals surface area contributed by atoms with E-state index in [0.717, 1.165) is 24.5 Å². The molecule has 1 amide bonds.